The first kappa shape index (κ1) is 37.5. The summed E-state index contributed by atoms with van der Waals surface area (Å²) in [5, 5.41) is 25.2. The standard InChI is InChI=1S/C24H41NO5.C12H23N/c1-2-3-6-10-20(26)16-14-19-15-17-22(27)21(19)11-7-4-5-8-12-23(28)25-18-9-13-24(29)30;1-3-7-11(8-4-1)13-12-9-5-2-6-10-12/h14,16,19-21,26H,2-13,15,17-18H2,1H3,(H,25,28)(H,29,30);11-13H,1-10H2/b16-14+;/t19-,20-,21+;/m0./s1. The summed E-state index contributed by atoms with van der Waals surface area (Å²) in [5.74, 6) is -0.165. The maximum atomic E-state index is 12.2. The minimum Gasteiger partial charge on any atom is -0.481 e. The average molecular weight is 605 g/mol. The number of carbonyl (C=O) groups is 3. The number of aliphatic carboxylic acids is 1. The molecule has 1 amide bonds. The van der Waals surface area contributed by atoms with Gasteiger partial charge in [0.25, 0.3) is 0 Å². The maximum absolute atomic E-state index is 12.2. The third-order valence-corrected chi connectivity index (χ3v) is 9.58. The van der Waals surface area contributed by atoms with E-state index in [9.17, 15) is 19.5 Å². The lowest BCUT2D eigenvalue weighted by molar-refractivity contribution is -0.137. The van der Waals surface area contributed by atoms with Crippen LogP contribution in [0.5, 0.6) is 0 Å². The number of hydrogen-bond donors (Lipinski definition) is 4. The first-order chi connectivity index (χ1) is 20.9. The summed E-state index contributed by atoms with van der Waals surface area (Å²) in [6.07, 6.45) is 29.4. The zero-order valence-electron chi connectivity index (χ0n) is 27.3. The monoisotopic (exact) mass is 604 g/mol. The lowest BCUT2D eigenvalue weighted by Crippen LogP contribution is -2.40. The third kappa shape index (κ3) is 18.0. The van der Waals surface area contributed by atoms with Gasteiger partial charge in [0.05, 0.1) is 6.10 Å². The number of Topliss-reactive ketones (excluding diaryl/α,β-unsaturated/α-hetero) is 1. The number of carboxylic acids is 1. The van der Waals surface area contributed by atoms with Crippen LogP contribution in [0.3, 0.4) is 0 Å². The summed E-state index contributed by atoms with van der Waals surface area (Å²) in [4.78, 5) is 34.3. The summed E-state index contributed by atoms with van der Waals surface area (Å²) < 4.78 is 0. The van der Waals surface area contributed by atoms with Gasteiger partial charge in [0.2, 0.25) is 5.91 Å². The Labute approximate surface area is 262 Å². The smallest absolute Gasteiger partial charge is 0.303 e. The molecule has 3 aliphatic rings. The van der Waals surface area contributed by atoms with Gasteiger partial charge in [0, 0.05) is 43.8 Å². The molecular weight excluding hydrogens is 540 g/mol. The second-order valence-corrected chi connectivity index (χ2v) is 13.4. The molecule has 3 atom stereocenters. The largest absolute Gasteiger partial charge is 0.481 e. The Balaban J connectivity index is 0.000000407. The molecule has 0 bridgehead atoms. The Kier molecular flexibility index (Phi) is 20.6. The summed E-state index contributed by atoms with van der Waals surface area (Å²) >= 11 is 0. The number of aliphatic hydroxyl groups is 1. The summed E-state index contributed by atoms with van der Waals surface area (Å²) in [6, 6.07) is 1.74. The van der Waals surface area contributed by atoms with Crippen molar-refractivity contribution in [3.05, 3.63) is 12.2 Å². The molecule has 3 rings (SSSR count). The van der Waals surface area contributed by atoms with Crippen molar-refractivity contribution in [2.45, 2.75) is 179 Å². The number of ketones is 1. The van der Waals surface area contributed by atoms with Gasteiger partial charge in [-0.1, -0.05) is 96.1 Å². The lowest BCUT2D eigenvalue weighted by Gasteiger charge is -2.30. The van der Waals surface area contributed by atoms with Crippen molar-refractivity contribution in [3.8, 4) is 0 Å². The van der Waals surface area contributed by atoms with Crippen LogP contribution in [0.2, 0.25) is 0 Å². The van der Waals surface area contributed by atoms with E-state index >= 15 is 0 Å². The Morgan fingerprint density at radius 3 is 2.12 bits per heavy atom. The highest BCUT2D eigenvalue weighted by Gasteiger charge is 2.32. The van der Waals surface area contributed by atoms with E-state index in [4.69, 9.17) is 5.11 Å². The molecule has 43 heavy (non-hydrogen) atoms. The van der Waals surface area contributed by atoms with Gasteiger partial charge in [-0.15, -0.1) is 0 Å². The molecule has 3 aliphatic carbocycles. The van der Waals surface area contributed by atoms with Gasteiger partial charge in [0.1, 0.15) is 5.78 Å². The van der Waals surface area contributed by atoms with Crippen molar-refractivity contribution in [3.63, 3.8) is 0 Å². The van der Waals surface area contributed by atoms with Crippen LogP contribution in [-0.2, 0) is 14.4 Å². The number of amides is 1. The highest BCUT2D eigenvalue weighted by molar-refractivity contribution is 5.83. The SMILES string of the molecule is C1CCC(NC2CCCCC2)CC1.CCCCC[C@H](O)/C=C/[C@H]1CCC(=O)[C@@H]1CCCCCCC(=O)NCCCC(=O)O. The Morgan fingerprint density at radius 2 is 1.49 bits per heavy atom. The number of aliphatic hydroxyl groups excluding tert-OH is 1. The Bertz CT molecular complexity index is 773. The van der Waals surface area contributed by atoms with Crippen LogP contribution in [0.1, 0.15) is 161 Å². The quantitative estimate of drug-likeness (QED) is 0.0889. The van der Waals surface area contributed by atoms with E-state index in [2.05, 4.69) is 23.6 Å². The first-order valence-electron chi connectivity index (χ1n) is 18.0. The summed E-state index contributed by atoms with van der Waals surface area (Å²) in [6.45, 7) is 2.56. The van der Waals surface area contributed by atoms with Crippen LogP contribution in [-0.4, -0.2) is 52.6 Å². The van der Waals surface area contributed by atoms with Crippen molar-refractivity contribution in [1.29, 1.82) is 0 Å². The summed E-state index contributed by atoms with van der Waals surface area (Å²) in [7, 11) is 0. The van der Waals surface area contributed by atoms with Crippen LogP contribution in [0.4, 0.5) is 0 Å². The van der Waals surface area contributed by atoms with Gasteiger partial charge in [0.15, 0.2) is 0 Å². The van der Waals surface area contributed by atoms with Gasteiger partial charge >= 0.3 is 5.97 Å². The predicted octanol–water partition coefficient (Wildman–Crippen LogP) is 7.64. The molecule has 0 spiro atoms. The number of carboxylic acid groups (broad SMARTS) is 1. The van der Waals surface area contributed by atoms with E-state index in [1.165, 1.54) is 64.2 Å². The van der Waals surface area contributed by atoms with E-state index in [1.807, 2.05) is 6.08 Å². The molecular formula is C36H64N2O5. The number of allylic oxidation sites excluding steroid dienone is 1. The molecule has 4 N–H and O–H groups in total. The molecule has 3 saturated carbocycles. The fraction of sp³-hybridized carbons (Fsp3) is 0.861. The first-order valence-corrected chi connectivity index (χ1v) is 18.0. The van der Waals surface area contributed by atoms with Gasteiger partial charge in [-0.25, -0.2) is 0 Å². The molecule has 0 unspecified atom stereocenters. The number of hydrogen-bond acceptors (Lipinski definition) is 5. The Hall–Kier alpha value is -1.73. The molecule has 3 fully saturated rings. The van der Waals surface area contributed by atoms with Crippen LogP contribution >= 0.6 is 0 Å². The Morgan fingerprint density at radius 1 is 0.837 bits per heavy atom. The highest BCUT2D eigenvalue weighted by atomic mass is 16.4. The number of unbranched alkanes of at least 4 members (excludes halogenated alkanes) is 5. The minimum absolute atomic E-state index is 0.0194. The van der Waals surface area contributed by atoms with Crippen LogP contribution in [0.25, 0.3) is 0 Å². The number of carbonyl (C=O) groups excluding carboxylic acids is 2. The fourth-order valence-electron chi connectivity index (χ4n) is 6.94. The fourth-order valence-corrected chi connectivity index (χ4v) is 6.94. The van der Waals surface area contributed by atoms with Crippen molar-refractivity contribution < 1.29 is 24.6 Å². The van der Waals surface area contributed by atoms with Gasteiger partial charge < -0.3 is 20.8 Å². The van der Waals surface area contributed by atoms with Gasteiger partial charge in [-0.3, -0.25) is 14.4 Å². The van der Waals surface area contributed by atoms with Gasteiger partial charge in [-0.05, 0) is 63.7 Å². The van der Waals surface area contributed by atoms with E-state index < -0.39 is 12.1 Å². The molecule has 248 valence electrons. The van der Waals surface area contributed by atoms with Crippen molar-refractivity contribution in [1.82, 2.24) is 10.6 Å². The third-order valence-electron chi connectivity index (χ3n) is 9.58. The molecule has 0 aromatic rings. The van der Waals surface area contributed by atoms with Crippen LogP contribution in [0, 0.1) is 11.8 Å². The molecule has 0 heterocycles. The molecule has 0 saturated heterocycles. The van der Waals surface area contributed by atoms with Gasteiger partial charge in [-0.2, -0.15) is 0 Å². The normalized spacial score (nSPS) is 22.3. The molecule has 7 nitrogen and oxygen atoms in total. The average Bonchev–Trinajstić information content (AvgIpc) is 3.36. The van der Waals surface area contributed by atoms with Crippen LogP contribution in [0.15, 0.2) is 12.2 Å². The zero-order valence-corrected chi connectivity index (χ0v) is 27.3. The second-order valence-electron chi connectivity index (χ2n) is 13.4. The molecule has 0 aromatic heterocycles. The second kappa shape index (κ2) is 23.6. The van der Waals surface area contributed by atoms with Crippen molar-refractivity contribution in [2.24, 2.45) is 11.8 Å². The zero-order chi connectivity index (χ0) is 31.1. The maximum Gasteiger partial charge on any atom is 0.303 e. The van der Waals surface area contributed by atoms with E-state index in [-0.39, 0.29) is 24.2 Å². The summed E-state index contributed by atoms with van der Waals surface area (Å²) in [5.41, 5.74) is 0. The molecule has 0 aliphatic heterocycles. The van der Waals surface area contributed by atoms with E-state index in [1.54, 1.807) is 0 Å². The van der Waals surface area contributed by atoms with Crippen molar-refractivity contribution >= 4 is 17.7 Å². The molecule has 0 aromatic carbocycles. The highest BCUT2D eigenvalue weighted by Crippen LogP contribution is 2.34. The number of nitrogens with one attached hydrogen (secondary N) is 2. The molecule has 0 radical (unpaired) electrons. The van der Waals surface area contributed by atoms with E-state index in [0.29, 0.717) is 31.6 Å². The topological polar surface area (TPSA) is 116 Å². The van der Waals surface area contributed by atoms with E-state index in [0.717, 1.165) is 76.3 Å². The van der Waals surface area contributed by atoms with Crippen LogP contribution < -0.4 is 10.6 Å². The number of rotatable bonds is 19. The predicted molar refractivity (Wildman–Crippen MR) is 175 cm³/mol. The minimum atomic E-state index is -0.842. The lowest BCUT2D eigenvalue weighted by atomic mass is 9.89. The molecule has 7 heteroatoms. The van der Waals surface area contributed by atoms with Crippen molar-refractivity contribution in [2.75, 3.05) is 6.54 Å².